The summed E-state index contributed by atoms with van der Waals surface area (Å²) in [5, 5.41) is 12.5. The van der Waals surface area contributed by atoms with Crippen molar-refractivity contribution in [1.29, 1.82) is 5.26 Å². The van der Waals surface area contributed by atoms with Crippen LogP contribution in [-0.2, 0) is 17.9 Å². The van der Waals surface area contributed by atoms with Crippen LogP contribution < -0.4 is 5.32 Å². The lowest BCUT2D eigenvalue weighted by Crippen LogP contribution is -2.55. The number of aromatic nitrogens is 2. The molecule has 0 aromatic carbocycles. The molecule has 6 heteroatoms. The molecule has 6 nitrogen and oxygen atoms in total. The summed E-state index contributed by atoms with van der Waals surface area (Å²) in [5.74, 6) is 0.960. The molecule has 118 valence electrons. The molecule has 22 heavy (non-hydrogen) atoms. The zero-order valence-electron chi connectivity index (χ0n) is 13.1. The van der Waals surface area contributed by atoms with Crippen LogP contribution in [0.3, 0.4) is 0 Å². The summed E-state index contributed by atoms with van der Waals surface area (Å²) in [4.78, 5) is 19.1. The van der Waals surface area contributed by atoms with Crippen molar-refractivity contribution in [3.63, 3.8) is 0 Å². The summed E-state index contributed by atoms with van der Waals surface area (Å²) >= 11 is 0. The molecule has 1 atom stereocenters. The molecular weight excluding hydrogens is 278 g/mol. The van der Waals surface area contributed by atoms with Crippen LogP contribution in [0.4, 0.5) is 0 Å². The molecule has 1 amide bonds. The van der Waals surface area contributed by atoms with E-state index in [9.17, 15) is 10.1 Å². The summed E-state index contributed by atoms with van der Waals surface area (Å²) in [6.45, 7) is 4.29. The van der Waals surface area contributed by atoms with Gasteiger partial charge in [-0.15, -0.1) is 0 Å². The molecule has 1 aliphatic carbocycles. The summed E-state index contributed by atoms with van der Waals surface area (Å²) in [7, 11) is 0. The fraction of sp³-hybridized carbons (Fsp3) is 0.688. The van der Waals surface area contributed by atoms with Gasteiger partial charge in [0, 0.05) is 25.5 Å². The van der Waals surface area contributed by atoms with Gasteiger partial charge in [-0.25, -0.2) is 4.98 Å². The molecule has 1 aliphatic heterocycles. The zero-order chi connectivity index (χ0) is 15.6. The maximum Gasteiger partial charge on any atom is 0.238 e. The first-order chi connectivity index (χ1) is 10.6. The number of nitrogens with one attached hydrogen (secondary N) is 1. The largest absolute Gasteiger partial charge is 0.336 e. The molecule has 1 N–H and O–H groups in total. The monoisotopic (exact) mass is 301 g/mol. The van der Waals surface area contributed by atoms with Crippen LogP contribution in [0.2, 0.25) is 0 Å². The summed E-state index contributed by atoms with van der Waals surface area (Å²) in [6, 6.07) is 2.11. The Bertz CT molecular complexity index is 582. The Labute approximate surface area is 131 Å². The number of amides is 1. The highest BCUT2D eigenvalue weighted by atomic mass is 16.2. The standard InChI is InChI=1S/C16H23N5O/c1-13(21-10-9-20-8-7-18-14(20)11-21)15(22)19-16(12-17)5-3-2-4-6-16/h7-8,13H,2-6,9-11H2,1H3,(H,19,22)/t13-/m0/s1. The van der Waals surface area contributed by atoms with E-state index in [2.05, 4.69) is 25.8 Å². The van der Waals surface area contributed by atoms with Gasteiger partial charge in [0.15, 0.2) is 0 Å². The Morgan fingerprint density at radius 1 is 1.41 bits per heavy atom. The molecule has 0 unspecified atom stereocenters. The minimum absolute atomic E-state index is 0.0385. The Kier molecular flexibility index (Phi) is 4.16. The molecule has 0 radical (unpaired) electrons. The number of carbonyl (C=O) groups is 1. The molecule has 0 spiro atoms. The van der Waals surface area contributed by atoms with Crippen LogP contribution in [0.25, 0.3) is 0 Å². The average molecular weight is 301 g/mol. The van der Waals surface area contributed by atoms with E-state index in [0.717, 1.165) is 51.0 Å². The highest BCUT2D eigenvalue weighted by Crippen LogP contribution is 2.28. The van der Waals surface area contributed by atoms with E-state index in [-0.39, 0.29) is 11.9 Å². The van der Waals surface area contributed by atoms with Gasteiger partial charge in [0.05, 0.1) is 18.7 Å². The van der Waals surface area contributed by atoms with Crippen molar-refractivity contribution in [2.45, 2.75) is 63.7 Å². The minimum atomic E-state index is -0.655. The molecule has 1 aromatic heterocycles. The van der Waals surface area contributed by atoms with Crippen LogP contribution in [0.15, 0.2) is 12.4 Å². The van der Waals surface area contributed by atoms with Gasteiger partial charge < -0.3 is 9.88 Å². The maximum absolute atomic E-state index is 12.6. The second-order valence-electron chi connectivity index (χ2n) is 6.43. The third-order valence-electron chi connectivity index (χ3n) is 4.99. The van der Waals surface area contributed by atoms with Crippen LogP contribution in [0, 0.1) is 11.3 Å². The molecule has 1 aromatic rings. The van der Waals surface area contributed by atoms with Crippen LogP contribution in [0.1, 0.15) is 44.9 Å². The van der Waals surface area contributed by atoms with Crippen molar-refractivity contribution in [3.8, 4) is 6.07 Å². The summed E-state index contributed by atoms with van der Waals surface area (Å²) < 4.78 is 2.12. The second-order valence-corrected chi connectivity index (χ2v) is 6.43. The van der Waals surface area contributed by atoms with E-state index in [0.29, 0.717) is 6.54 Å². The third-order valence-corrected chi connectivity index (χ3v) is 4.99. The van der Waals surface area contributed by atoms with E-state index in [1.54, 1.807) is 6.20 Å². The first-order valence-corrected chi connectivity index (χ1v) is 8.11. The normalized spacial score (nSPS) is 22.4. The van der Waals surface area contributed by atoms with E-state index in [1.807, 2.05) is 13.1 Å². The number of carbonyl (C=O) groups excluding carboxylic acids is 1. The van der Waals surface area contributed by atoms with E-state index >= 15 is 0 Å². The molecule has 2 heterocycles. The molecule has 0 saturated heterocycles. The van der Waals surface area contributed by atoms with E-state index in [1.165, 1.54) is 0 Å². The van der Waals surface area contributed by atoms with Crippen molar-refractivity contribution >= 4 is 5.91 Å². The fourth-order valence-corrected chi connectivity index (χ4v) is 3.45. The number of nitriles is 1. The lowest BCUT2D eigenvalue weighted by Gasteiger charge is -2.36. The van der Waals surface area contributed by atoms with E-state index in [4.69, 9.17) is 0 Å². The Hall–Kier alpha value is -1.87. The maximum atomic E-state index is 12.6. The van der Waals surface area contributed by atoms with Gasteiger partial charge in [-0.05, 0) is 19.8 Å². The van der Waals surface area contributed by atoms with Gasteiger partial charge in [-0.1, -0.05) is 19.3 Å². The zero-order valence-corrected chi connectivity index (χ0v) is 13.1. The van der Waals surface area contributed by atoms with Gasteiger partial charge in [0.25, 0.3) is 0 Å². The molecule has 0 bridgehead atoms. The summed E-state index contributed by atoms with van der Waals surface area (Å²) in [6.07, 6.45) is 8.51. The van der Waals surface area contributed by atoms with Gasteiger partial charge in [0.1, 0.15) is 11.4 Å². The van der Waals surface area contributed by atoms with E-state index < -0.39 is 5.54 Å². The number of rotatable bonds is 3. The number of nitrogens with zero attached hydrogens (tertiary/aromatic N) is 4. The quantitative estimate of drug-likeness (QED) is 0.916. The number of hydrogen-bond donors (Lipinski definition) is 1. The Balaban J connectivity index is 1.64. The molecule has 3 rings (SSSR count). The predicted molar refractivity (Wildman–Crippen MR) is 81.7 cm³/mol. The number of imidazole rings is 1. The third kappa shape index (κ3) is 2.86. The lowest BCUT2D eigenvalue weighted by atomic mass is 9.82. The van der Waals surface area contributed by atoms with Gasteiger partial charge >= 0.3 is 0 Å². The highest BCUT2D eigenvalue weighted by Gasteiger charge is 2.36. The van der Waals surface area contributed by atoms with Gasteiger partial charge in [-0.3, -0.25) is 9.69 Å². The fourth-order valence-electron chi connectivity index (χ4n) is 3.45. The first-order valence-electron chi connectivity index (χ1n) is 8.11. The predicted octanol–water partition coefficient (Wildman–Crippen LogP) is 1.43. The lowest BCUT2D eigenvalue weighted by molar-refractivity contribution is -0.128. The molecule has 2 aliphatic rings. The number of hydrogen-bond acceptors (Lipinski definition) is 4. The molecule has 1 saturated carbocycles. The minimum Gasteiger partial charge on any atom is -0.336 e. The Morgan fingerprint density at radius 2 is 2.18 bits per heavy atom. The van der Waals surface area contributed by atoms with Crippen molar-refractivity contribution in [1.82, 2.24) is 19.8 Å². The smallest absolute Gasteiger partial charge is 0.238 e. The highest BCUT2D eigenvalue weighted by molar-refractivity contribution is 5.82. The van der Waals surface area contributed by atoms with Crippen molar-refractivity contribution < 1.29 is 4.79 Å². The average Bonchev–Trinajstić information content (AvgIpc) is 3.02. The van der Waals surface area contributed by atoms with Crippen LogP contribution >= 0.6 is 0 Å². The van der Waals surface area contributed by atoms with Crippen LogP contribution in [-0.4, -0.2) is 38.5 Å². The van der Waals surface area contributed by atoms with Gasteiger partial charge in [0.2, 0.25) is 5.91 Å². The second kappa shape index (κ2) is 6.09. The molecule has 1 fully saturated rings. The Morgan fingerprint density at radius 3 is 2.91 bits per heavy atom. The first kappa shape index (κ1) is 15.0. The van der Waals surface area contributed by atoms with Crippen LogP contribution in [0.5, 0.6) is 0 Å². The van der Waals surface area contributed by atoms with Gasteiger partial charge in [-0.2, -0.15) is 5.26 Å². The topological polar surface area (TPSA) is 74.0 Å². The van der Waals surface area contributed by atoms with Crippen molar-refractivity contribution in [3.05, 3.63) is 18.2 Å². The van der Waals surface area contributed by atoms with Crippen molar-refractivity contribution in [2.24, 2.45) is 0 Å². The summed E-state index contributed by atoms with van der Waals surface area (Å²) in [5.41, 5.74) is -0.655. The number of fused-ring (bicyclic) bond motifs is 1. The van der Waals surface area contributed by atoms with Crippen molar-refractivity contribution in [2.75, 3.05) is 6.54 Å². The molecular formula is C16H23N5O. The SMILES string of the molecule is C[C@@H](C(=O)NC1(C#N)CCCCC1)N1CCn2ccnc2C1.